The number of phenolic OH excluding ortho intramolecular Hbond substituents is 2. The molecule has 2 rings (SSSR count). The van der Waals surface area contributed by atoms with E-state index in [0.717, 1.165) is 0 Å². The molecule has 0 radical (unpaired) electrons. The number of nitrogen functional groups attached to an aromatic ring is 2. The average Bonchev–Trinajstić information content (AvgIpc) is 2.22. The second-order valence-corrected chi connectivity index (χ2v) is 3.55. The fraction of sp³-hybridized carbons (Fsp3) is 0. The molecule has 0 aromatic heterocycles. The number of benzene rings is 2. The maximum atomic E-state index is 9.71. The van der Waals surface area contributed by atoms with E-state index in [9.17, 15) is 10.2 Å². The molecule has 82 valence electrons. The highest BCUT2D eigenvalue weighted by molar-refractivity contribution is 5.75. The molecule has 0 aliphatic carbocycles. The lowest BCUT2D eigenvalue weighted by Gasteiger charge is -2.07. The molecule has 0 unspecified atom stereocenters. The van der Waals surface area contributed by atoms with Crippen molar-refractivity contribution in [1.29, 1.82) is 0 Å². The molecule has 0 fully saturated rings. The number of nitrogens with two attached hydrogens (primary N) is 2. The first-order valence-corrected chi connectivity index (χ1v) is 4.75. The van der Waals surface area contributed by atoms with E-state index in [1.165, 1.54) is 12.1 Å². The van der Waals surface area contributed by atoms with Crippen LogP contribution in [0.3, 0.4) is 0 Å². The summed E-state index contributed by atoms with van der Waals surface area (Å²) in [6.07, 6.45) is 0. The van der Waals surface area contributed by atoms with E-state index in [0.29, 0.717) is 22.5 Å². The summed E-state index contributed by atoms with van der Waals surface area (Å²) in [5.41, 5.74) is 13.1. The van der Waals surface area contributed by atoms with Crippen molar-refractivity contribution in [2.45, 2.75) is 0 Å². The summed E-state index contributed by atoms with van der Waals surface area (Å²) < 4.78 is 0. The molecule has 0 heterocycles. The number of aromatic hydroxyl groups is 2. The van der Waals surface area contributed by atoms with Crippen molar-refractivity contribution in [3.8, 4) is 22.6 Å². The van der Waals surface area contributed by atoms with Crippen molar-refractivity contribution in [2.24, 2.45) is 0 Å². The van der Waals surface area contributed by atoms with E-state index in [1.54, 1.807) is 24.3 Å². The first-order chi connectivity index (χ1) is 7.58. The van der Waals surface area contributed by atoms with Gasteiger partial charge in [-0.25, -0.2) is 0 Å². The molecule has 0 aliphatic heterocycles. The quantitative estimate of drug-likeness (QED) is 0.433. The molecular weight excluding hydrogens is 204 g/mol. The van der Waals surface area contributed by atoms with Crippen LogP contribution in [0.1, 0.15) is 0 Å². The minimum absolute atomic E-state index is 0.00581. The Hall–Kier alpha value is -2.36. The molecule has 16 heavy (non-hydrogen) atoms. The molecule has 2 aromatic carbocycles. The van der Waals surface area contributed by atoms with Gasteiger partial charge in [0.1, 0.15) is 11.5 Å². The lowest BCUT2D eigenvalue weighted by Crippen LogP contribution is -1.88. The highest BCUT2D eigenvalue weighted by atomic mass is 16.3. The van der Waals surface area contributed by atoms with E-state index in [2.05, 4.69) is 0 Å². The SMILES string of the molecule is Nc1ccc(-c2ccc(N)c(O)c2)c(O)c1. The summed E-state index contributed by atoms with van der Waals surface area (Å²) in [7, 11) is 0. The predicted octanol–water partition coefficient (Wildman–Crippen LogP) is 1.93. The Morgan fingerprint density at radius 1 is 0.812 bits per heavy atom. The molecule has 6 N–H and O–H groups in total. The van der Waals surface area contributed by atoms with Gasteiger partial charge in [0.25, 0.3) is 0 Å². The fourth-order valence-electron chi connectivity index (χ4n) is 1.50. The zero-order valence-electron chi connectivity index (χ0n) is 8.51. The Balaban J connectivity index is 2.54. The van der Waals surface area contributed by atoms with Crippen molar-refractivity contribution in [3.05, 3.63) is 36.4 Å². The number of hydrogen-bond acceptors (Lipinski definition) is 4. The van der Waals surface area contributed by atoms with Crippen molar-refractivity contribution in [2.75, 3.05) is 11.5 Å². The first-order valence-electron chi connectivity index (χ1n) is 4.75. The van der Waals surface area contributed by atoms with Gasteiger partial charge < -0.3 is 21.7 Å². The van der Waals surface area contributed by atoms with Crippen LogP contribution < -0.4 is 11.5 Å². The molecule has 0 aliphatic rings. The number of hydrogen-bond donors (Lipinski definition) is 4. The molecule has 0 bridgehead atoms. The summed E-state index contributed by atoms with van der Waals surface area (Å²) in [5, 5.41) is 19.2. The van der Waals surface area contributed by atoms with Crippen LogP contribution in [-0.2, 0) is 0 Å². The van der Waals surface area contributed by atoms with Crippen LogP contribution >= 0.6 is 0 Å². The second-order valence-electron chi connectivity index (χ2n) is 3.55. The van der Waals surface area contributed by atoms with Crippen LogP contribution in [0.2, 0.25) is 0 Å². The van der Waals surface area contributed by atoms with E-state index < -0.39 is 0 Å². The summed E-state index contributed by atoms with van der Waals surface area (Å²) in [4.78, 5) is 0. The molecule has 0 amide bonds. The van der Waals surface area contributed by atoms with E-state index in [4.69, 9.17) is 11.5 Å². The highest BCUT2D eigenvalue weighted by Gasteiger charge is 2.06. The third-order valence-corrected chi connectivity index (χ3v) is 2.36. The van der Waals surface area contributed by atoms with Gasteiger partial charge in [0.2, 0.25) is 0 Å². The van der Waals surface area contributed by atoms with Gasteiger partial charge in [0, 0.05) is 17.3 Å². The maximum Gasteiger partial charge on any atom is 0.139 e. The van der Waals surface area contributed by atoms with Crippen molar-refractivity contribution in [3.63, 3.8) is 0 Å². The van der Waals surface area contributed by atoms with Crippen LogP contribution in [0.4, 0.5) is 11.4 Å². The monoisotopic (exact) mass is 216 g/mol. The lowest BCUT2D eigenvalue weighted by molar-refractivity contribution is 0.476. The van der Waals surface area contributed by atoms with Gasteiger partial charge in [-0.2, -0.15) is 0 Å². The molecule has 4 nitrogen and oxygen atoms in total. The summed E-state index contributed by atoms with van der Waals surface area (Å²) in [5.74, 6) is 0.0675. The number of anilines is 2. The Morgan fingerprint density at radius 2 is 1.56 bits per heavy atom. The van der Waals surface area contributed by atoms with Gasteiger partial charge >= 0.3 is 0 Å². The number of rotatable bonds is 1. The smallest absolute Gasteiger partial charge is 0.139 e. The molecule has 0 saturated carbocycles. The van der Waals surface area contributed by atoms with Gasteiger partial charge in [-0.3, -0.25) is 0 Å². The van der Waals surface area contributed by atoms with Gasteiger partial charge in [-0.15, -0.1) is 0 Å². The fourth-order valence-corrected chi connectivity index (χ4v) is 1.50. The third-order valence-electron chi connectivity index (χ3n) is 2.36. The van der Waals surface area contributed by atoms with Crippen molar-refractivity contribution >= 4 is 11.4 Å². The zero-order valence-corrected chi connectivity index (χ0v) is 8.51. The van der Waals surface area contributed by atoms with Gasteiger partial charge in [0.15, 0.2) is 0 Å². The van der Waals surface area contributed by atoms with Crippen LogP contribution in [0, 0.1) is 0 Å². The molecular formula is C12H12N2O2. The Bertz CT molecular complexity index is 539. The number of phenols is 2. The molecule has 0 saturated heterocycles. The molecule has 4 heteroatoms. The van der Waals surface area contributed by atoms with E-state index in [-0.39, 0.29) is 11.5 Å². The van der Waals surface area contributed by atoms with Gasteiger partial charge in [0.05, 0.1) is 5.69 Å². The normalized spacial score (nSPS) is 10.2. The average molecular weight is 216 g/mol. The van der Waals surface area contributed by atoms with Crippen LogP contribution in [0.5, 0.6) is 11.5 Å². The summed E-state index contributed by atoms with van der Waals surface area (Å²) in [6.45, 7) is 0. The Kier molecular flexibility index (Phi) is 2.32. The van der Waals surface area contributed by atoms with Gasteiger partial charge in [-0.05, 0) is 29.8 Å². The third kappa shape index (κ3) is 1.72. The minimum atomic E-state index is -0.00581. The Morgan fingerprint density at radius 3 is 2.19 bits per heavy atom. The van der Waals surface area contributed by atoms with Crippen molar-refractivity contribution in [1.82, 2.24) is 0 Å². The van der Waals surface area contributed by atoms with E-state index in [1.807, 2.05) is 0 Å². The van der Waals surface area contributed by atoms with Crippen molar-refractivity contribution < 1.29 is 10.2 Å². The minimum Gasteiger partial charge on any atom is -0.507 e. The maximum absolute atomic E-state index is 9.71. The first kappa shape index (κ1) is 10.2. The lowest BCUT2D eigenvalue weighted by atomic mass is 10.0. The van der Waals surface area contributed by atoms with E-state index >= 15 is 0 Å². The largest absolute Gasteiger partial charge is 0.507 e. The molecule has 2 aromatic rings. The topological polar surface area (TPSA) is 92.5 Å². The van der Waals surface area contributed by atoms with Crippen LogP contribution in [-0.4, -0.2) is 10.2 Å². The predicted molar refractivity (Wildman–Crippen MR) is 64.0 cm³/mol. The second kappa shape index (κ2) is 3.66. The molecule has 0 spiro atoms. The zero-order chi connectivity index (χ0) is 11.7. The highest BCUT2D eigenvalue weighted by Crippen LogP contribution is 2.34. The van der Waals surface area contributed by atoms with Crippen LogP contribution in [0.25, 0.3) is 11.1 Å². The standard InChI is InChI=1S/C12H12N2O2/c13-8-2-3-9(11(15)6-8)7-1-4-10(14)12(16)5-7/h1-6,15-16H,13-14H2. The molecule has 0 atom stereocenters. The Labute approximate surface area is 92.8 Å². The van der Waals surface area contributed by atoms with Crippen LogP contribution in [0.15, 0.2) is 36.4 Å². The summed E-state index contributed by atoms with van der Waals surface area (Å²) in [6, 6.07) is 9.64. The summed E-state index contributed by atoms with van der Waals surface area (Å²) >= 11 is 0. The van der Waals surface area contributed by atoms with Gasteiger partial charge in [-0.1, -0.05) is 6.07 Å².